The quantitative estimate of drug-likeness (QED) is 0.760. The van der Waals surface area contributed by atoms with E-state index in [1.165, 1.54) is 6.07 Å². The predicted octanol–water partition coefficient (Wildman–Crippen LogP) is 4.95. The minimum Gasteiger partial charge on any atom is -0.364 e. The van der Waals surface area contributed by atoms with Gasteiger partial charge in [0.05, 0.1) is 23.6 Å². The van der Waals surface area contributed by atoms with Gasteiger partial charge < -0.3 is 15.5 Å². The van der Waals surface area contributed by atoms with E-state index in [4.69, 9.17) is 0 Å². The highest BCUT2D eigenvalue weighted by molar-refractivity contribution is 5.51. The molecule has 1 aliphatic heterocycles. The van der Waals surface area contributed by atoms with Gasteiger partial charge in [0.25, 0.3) is 0 Å². The highest BCUT2D eigenvalue weighted by atomic mass is 19.1. The molecule has 2 N–H and O–H groups in total. The van der Waals surface area contributed by atoms with Gasteiger partial charge in [0.15, 0.2) is 0 Å². The molecule has 2 aromatic carbocycles. The number of benzene rings is 2. The number of nitrogens with zero attached hydrogens (tertiary/aromatic N) is 1. The van der Waals surface area contributed by atoms with Crippen LogP contribution in [0.2, 0.25) is 0 Å². The summed E-state index contributed by atoms with van der Waals surface area (Å²) >= 11 is 0. The average molecular weight is 363 g/mol. The van der Waals surface area contributed by atoms with Crippen LogP contribution < -0.4 is 10.6 Å². The van der Waals surface area contributed by atoms with Crippen molar-refractivity contribution >= 4 is 5.69 Å². The van der Waals surface area contributed by atoms with Gasteiger partial charge in [-0.1, -0.05) is 56.1 Å². The number of hydrogen-bond donors (Lipinski definition) is 2. The number of nitrogens with one attached hydrogen (secondary N) is 2. The van der Waals surface area contributed by atoms with Crippen LogP contribution in [0, 0.1) is 12.7 Å². The molecule has 3 rings (SSSR count). The Balaban J connectivity index is 1.90. The van der Waals surface area contributed by atoms with Crippen LogP contribution in [0.15, 0.2) is 85.5 Å². The van der Waals surface area contributed by atoms with E-state index in [1.54, 1.807) is 6.07 Å². The summed E-state index contributed by atoms with van der Waals surface area (Å²) in [5.74, 6) is 0.487. The van der Waals surface area contributed by atoms with Gasteiger partial charge in [-0.05, 0) is 43.5 Å². The van der Waals surface area contributed by atoms with Crippen molar-refractivity contribution in [2.75, 3.05) is 5.32 Å². The van der Waals surface area contributed by atoms with Crippen LogP contribution in [0.25, 0.3) is 0 Å². The molecule has 2 aromatic rings. The lowest BCUT2D eigenvalue weighted by Gasteiger charge is -2.32. The Bertz CT molecular complexity index is 872. The van der Waals surface area contributed by atoms with Crippen LogP contribution in [0.3, 0.4) is 0 Å². The second kappa shape index (κ2) is 7.70. The van der Waals surface area contributed by atoms with Crippen molar-refractivity contribution in [3.8, 4) is 0 Å². The number of aryl methyl sites for hydroxylation is 1. The van der Waals surface area contributed by atoms with Crippen molar-refractivity contribution < 1.29 is 4.39 Å². The molecule has 27 heavy (non-hydrogen) atoms. The molecule has 4 heteroatoms. The third-order valence-electron chi connectivity index (χ3n) is 4.89. The molecule has 140 valence electrons. The van der Waals surface area contributed by atoms with E-state index < -0.39 is 0 Å². The summed E-state index contributed by atoms with van der Waals surface area (Å²) in [6.07, 6.45) is 0.701. The summed E-state index contributed by atoms with van der Waals surface area (Å²) in [5.41, 5.74) is 4.08. The van der Waals surface area contributed by atoms with Gasteiger partial charge in [-0.25, -0.2) is 4.39 Å². The van der Waals surface area contributed by atoms with Crippen molar-refractivity contribution in [2.45, 2.75) is 32.4 Å². The minimum absolute atomic E-state index is 0.0969. The van der Waals surface area contributed by atoms with Crippen molar-refractivity contribution in [2.24, 2.45) is 0 Å². The normalized spacial score (nSPS) is 17.6. The van der Waals surface area contributed by atoms with Crippen molar-refractivity contribution in [3.63, 3.8) is 0 Å². The number of anilines is 1. The van der Waals surface area contributed by atoms with Gasteiger partial charge in [0.1, 0.15) is 5.82 Å². The molecule has 2 atom stereocenters. The first-order chi connectivity index (χ1) is 12.9. The molecule has 0 radical (unpaired) electrons. The van der Waals surface area contributed by atoms with Gasteiger partial charge in [0.2, 0.25) is 0 Å². The Kier molecular flexibility index (Phi) is 5.36. The van der Waals surface area contributed by atoms with Crippen LogP contribution in [0.1, 0.15) is 18.1 Å². The summed E-state index contributed by atoms with van der Waals surface area (Å²) in [6.45, 7) is 16.5. The SMILES string of the molecule is C=C(Nc1ccc(C)cc1F)C(Cc1ccccc1)N1C(=C)N[C@H](C)C1=C. The van der Waals surface area contributed by atoms with Gasteiger partial charge in [0, 0.05) is 11.4 Å². The van der Waals surface area contributed by atoms with Crippen LogP contribution in [-0.4, -0.2) is 17.0 Å². The van der Waals surface area contributed by atoms with E-state index in [2.05, 4.69) is 47.4 Å². The summed E-state index contributed by atoms with van der Waals surface area (Å²) in [4.78, 5) is 2.05. The first-order valence-electron chi connectivity index (χ1n) is 9.06. The topological polar surface area (TPSA) is 27.3 Å². The fraction of sp³-hybridized carbons (Fsp3) is 0.217. The Labute approximate surface area is 160 Å². The van der Waals surface area contributed by atoms with Gasteiger partial charge in [-0.3, -0.25) is 0 Å². The molecule has 0 amide bonds. The van der Waals surface area contributed by atoms with E-state index in [1.807, 2.05) is 38.1 Å². The Morgan fingerprint density at radius 2 is 1.93 bits per heavy atom. The lowest BCUT2D eigenvalue weighted by Crippen LogP contribution is -2.37. The third-order valence-corrected chi connectivity index (χ3v) is 4.89. The molecular weight excluding hydrogens is 337 g/mol. The monoisotopic (exact) mass is 363 g/mol. The number of hydrogen-bond acceptors (Lipinski definition) is 3. The molecule has 0 aromatic heterocycles. The molecule has 1 aliphatic rings. The molecule has 1 fully saturated rings. The molecule has 1 unspecified atom stereocenters. The molecule has 0 aliphatic carbocycles. The summed E-state index contributed by atoms with van der Waals surface area (Å²) < 4.78 is 14.3. The average Bonchev–Trinajstić information content (AvgIpc) is 2.88. The fourth-order valence-corrected chi connectivity index (χ4v) is 3.36. The van der Waals surface area contributed by atoms with Gasteiger partial charge in [-0.2, -0.15) is 0 Å². The maximum atomic E-state index is 14.3. The van der Waals surface area contributed by atoms with E-state index in [-0.39, 0.29) is 17.9 Å². The van der Waals surface area contributed by atoms with E-state index in [0.29, 0.717) is 17.8 Å². The summed E-state index contributed by atoms with van der Waals surface area (Å²) in [6, 6.07) is 15.2. The molecule has 3 nitrogen and oxygen atoms in total. The smallest absolute Gasteiger partial charge is 0.146 e. The van der Waals surface area contributed by atoms with E-state index >= 15 is 0 Å². The lowest BCUT2D eigenvalue weighted by molar-refractivity contribution is 0.367. The predicted molar refractivity (Wildman–Crippen MR) is 111 cm³/mol. The zero-order valence-corrected chi connectivity index (χ0v) is 15.9. The second-order valence-corrected chi connectivity index (χ2v) is 7.01. The van der Waals surface area contributed by atoms with E-state index in [9.17, 15) is 4.39 Å². The summed E-state index contributed by atoms with van der Waals surface area (Å²) in [5, 5.41) is 6.48. The van der Waals surface area contributed by atoms with Crippen LogP contribution in [-0.2, 0) is 6.42 Å². The Morgan fingerprint density at radius 3 is 2.52 bits per heavy atom. The van der Waals surface area contributed by atoms with Gasteiger partial charge >= 0.3 is 0 Å². The summed E-state index contributed by atoms with van der Waals surface area (Å²) in [7, 11) is 0. The number of halogens is 1. The molecular formula is C23H26FN3. The van der Waals surface area contributed by atoms with Crippen molar-refractivity contribution in [1.29, 1.82) is 0 Å². The maximum absolute atomic E-state index is 14.3. The third kappa shape index (κ3) is 4.05. The lowest BCUT2D eigenvalue weighted by atomic mass is 10.0. The standard InChI is InChI=1S/C23H26FN3/c1-15-11-12-22(21(24)13-15)26-17(3)23(14-20-9-7-6-8-10-20)27-18(4)16(2)25-19(27)5/h6-13,16,23,25-26H,3-5,14H2,1-2H3/t16-,23?/m1/s1. The van der Waals surface area contributed by atoms with Crippen molar-refractivity contribution in [3.05, 3.63) is 102 Å². The molecule has 0 saturated carbocycles. The van der Waals surface area contributed by atoms with E-state index in [0.717, 1.165) is 22.6 Å². The Hall–Kier alpha value is -3.01. The number of rotatable bonds is 6. The highest BCUT2D eigenvalue weighted by Crippen LogP contribution is 2.30. The molecule has 0 bridgehead atoms. The molecule has 0 spiro atoms. The van der Waals surface area contributed by atoms with Crippen LogP contribution in [0.5, 0.6) is 0 Å². The van der Waals surface area contributed by atoms with Gasteiger partial charge in [-0.15, -0.1) is 0 Å². The zero-order chi connectivity index (χ0) is 19.6. The fourth-order valence-electron chi connectivity index (χ4n) is 3.36. The molecule has 1 saturated heterocycles. The first-order valence-corrected chi connectivity index (χ1v) is 9.06. The molecule has 1 heterocycles. The minimum atomic E-state index is -0.292. The maximum Gasteiger partial charge on any atom is 0.146 e. The largest absolute Gasteiger partial charge is 0.364 e. The van der Waals surface area contributed by atoms with Crippen LogP contribution in [0.4, 0.5) is 10.1 Å². The first kappa shape index (κ1) is 18.8. The van der Waals surface area contributed by atoms with Crippen LogP contribution >= 0.6 is 0 Å². The van der Waals surface area contributed by atoms with Crippen molar-refractivity contribution in [1.82, 2.24) is 10.2 Å². The Morgan fingerprint density at radius 1 is 1.22 bits per heavy atom. The second-order valence-electron chi connectivity index (χ2n) is 7.01. The highest BCUT2D eigenvalue weighted by Gasteiger charge is 2.33. The zero-order valence-electron chi connectivity index (χ0n) is 15.9.